The van der Waals surface area contributed by atoms with E-state index in [4.69, 9.17) is 0 Å². The van der Waals surface area contributed by atoms with Crippen LogP contribution in [0.1, 0.15) is 20.3 Å². The lowest BCUT2D eigenvalue weighted by molar-refractivity contribution is 0.449. The van der Waals surface area contributed by atoms with Gasteiger partial charge in [-0.05, 0) is 25.5 Å². The average Bonchev–Trinajstić information content (AvgIpc) is 2.48. The molecular weight excluding hydrogens is 283 g/mol. The molecule has 1 aromatic carbocycles. The van der Waals surface area contributed by atoms with Crippen molar-refractivity contribution in [1.82, 2.24) is 15.2 Å². The fraction of sp³-hybridized carbons (Fsp3) is 0.308. The standard InChI is InChI=1S/C13H14F3N5/c1-3-7(2)18-10-6-17-21-13(20-10)19-9-5-4-8(14)11(15)12(9)16/h4-7H,3H2,1-2H3,(H2,18,19,20,21). The van der Waals surface area contributed by atoms with E-state index in [0.717, 1.165) is 18.6 Å². The van der Waals surface area contributed by atoms with Crippen molar-refractivity contribution in [3.8, 4) is 0 Å². The number of hydrogen-bond acceptors (Lipinski definition) is 5. The Kier molecular flexibility index (Phi) is 4.56. The Morgan fingerprint density at radius 2 is 1.95 bits per heavy atom. The lowest BCUT2D eigenvalue weighted by atomic mass is 10.3. The minimum Gasteiger partial charge on any atom is -0.366 e. The zero-order valence-corrected chi connectivity index (χ0v) is 11.5. The molecule has 8 heteroatoms. The fourth-order valence-corrected chi connectivity index (χ4v) is 1.52. The van der Waals surface area contributed by atoms with Crippen LogP contribution in [0, 0.1) is 17.5 Å². The van der Waals surface area contributed by atoms with E-state index in [1.807, 2.05) is 13.8 Å². The number of aromatic nitrogens is 3. The van der Waals surface area contributed by atoms with E-state index in [1.54, 1.807) is 0 Å². The molecule has 1 unspecified atom stereocenters. The first-order valence-corrected chi connectivity index (χ1v) is 6.38. The van der Waals surface area contributed by atoms with Crippen molar-refractivity contribution in [2.24, 2.45) is 0 Å². The number of nitrogens with zero attached hydrogens (tertiary/aromatic N) is 3. The van der Waals surface area contributed by atoms with E-state index < -0.39 is 17.5 Å². The van der Waals surface area contributed by atoms with Crippen LogP contribution in [0.4, 0.5) is 30.6 Å². The van der Waals surface area contributed by atoms with Crippen LogP contribution in [0.15, 0.2) is 18.3 Å². The first kappa shape index (κ1) is 15.0. The molecule has 0 saturated heterocycles. The number of hydrogen-bond donors (Lipinski definition) is 2. The minimum absolute atomic E-state index is 0.0202. The Balaban J connectivity index is 2.20. The van der Waals surface area contributed by atoms with Crippen LogP contribution >= 0.6 is 0 Å². The van der Waals surface area contributed by atoms with Crippen molar-refractivity contribution >= 4 is 17.5 Å². The lowest BCUT2D eigenvalue weighted by Crippen LogP contribution is -2.15. The van der Waals surface area contributed by atoms with Crippen molar-refractivity contribution in [2.45, 2.75) is 26.3 Å². The third-order valence-corrected chi connectivity index (χ3v) is 2.85. The Labute approximate surface area is 119 Å². The summed E-state index contributed by atoms with van der Waals surface area (Å²) in [6.07, 6.45) is 2.30. The quantitative estimate of drug-likeness (QED) is 0.830. The molecule has 2 N–H and O–H groups in total. The molecule has 0 fully saturated rings. The van der Waals surface area contributed by atoms with Crippen LogP contribution in [0.3, 0.4) is 0 Å². The third-order valence-electron chi connectivity index (χ3n) is 2.85. The molecule has 0 aliphatic carbocycles. The van der Waals surface area contributed by atoms with E-state index in [-0.39, 0.29) is 17.7 Å². The Bertz CT molecular complexity index is 635. The number of halogens is 3. The summed E-state index contributed by atoms with van der Waals surface area (Å²) in [7, 11) is 0. The predicted octanol–water partition coefficient (Wildman–Crippen LogP) is 3.24. The van der Waals surface area contributed by atoms with Crippen LogP contribution in [0.2, 0.25) is 0 Å². The Hall–Kier alpha value is -2.38. The van der Waals surface area contributed by atoms with Gasteiger partial charge in [0.05, 0.1) is 11.9 Å². The summed E-state index contributed by atoms with van der Waals surface area (Å²) in [5.41, 5.74) is -0.267. The molecule has 2 aromatic rings. The van der Waals surface area contributed by atoms with Crippen molar-refractivity contribution in [1.29, 1.82) is 0 Å². The first-order valence-electron chi connectivity index (χ1n) is 6.38. The molecule has 0 spiro atoms. The van der Waals surface area contributed by atoms with Crippen molar-refractivity contribution in [3.63, 3.8) is 0 Å². The van der Waals surface area contributed by atoms with E-state index in [9.17, 15) is 13.2 Å². The molecule has 21 heavy (non-hydrogen) atoms. The number of benzene rings is 1. The summed E-state index contributed by atoms with van der Waals surface area (Å²) in [6, 6.07) is 2.05. The second-order valence-electron chi connectivity index (χ2n) is 4.47. The van der Waals surface area contributed by atoms with Crippen LogP contribution in [0.25, 0.3) is 0 Å². The van der Waals surface area contributed by atoms with Gasteiger partial charge in [-0.15, -0.1) is 5.10 Å². The van der Waals surface area contributed by atoms with Crippen LogP contribution in [-0.2, 0) is 0 Å². The molecule has 0 bridgehead atoms. The molecule has 0 aliphatic rings. The third kappa shape index (κ3) is 3.59. The number of nitrogens with one attached hydrogen (secondary N) is 2. The molecule has 112 valence electrons. The van der Waals surface area contributed by atoms with Gasteiger partial charge >= 0.3 is 0 Å². The van der Waals surface area contributed by atoms with Gasteiger partial charge in [-0.1, -0.05) is 6.92 Å². The van der Waals surface area contributed by atoms with Crippen molar-refractivity contribution < 1.29 is 13.2 Å². The second-order valence-corrected chi connectivity index (χ2v) is 4.47. The summed E-state index contributed by atoms with van der Waals surface area (Å²) >= 11 is 0. The van der Waals surface area contributed by atoms with Gasteiger partial charge in [0, 0.05) is 6.04 Å². The maximum atomic E-state index is 13.5. The Morgan fingerprint density at radius 3 is 2.67 bits per heavy atom. The molecular formula is C13H14F3N5. The van der Waals surface area contributed by atoms with E-state index in [2.05, 4.69) is 25.8 Å². The van der Waals surface area contributed by atoms with Crippen molar-refractivity contribution in [3.05, 3.63) is 35.8 Å². The largest absolute Gasteiger partial charge is 0.366 e. The summed E-state index contributed by atoms with van der Waals surface area (Å²) in [5, 5.41) is 12.9. The van der Waals surface area contributed by atoms with Gasteiger partial charge in [0.15, 0.2) is 23.3 Å². The summed E-state index contributed by atoms with van der Waals surface area (Å²) in [6.45, 7) is 3.96. The maximum absolute atomic E-state index is 13.5. The molecule has 0 saturated carbocycles. The highest BCUT2D eigenvalue weighted by atomic mass is 19.2. The van der Waals surface area contributed by atoms with Crippen LogP contribution < -0.4 is 10.6 Å². The smallest absolute Gasteiger partial charge is 0.249 e. The van der Waals surface area contributed by atoms with Gasteiger partial charge in [-0.3, -0.25) is 0 Å². The highest BCUT2D eigenvalue weighted by Crippen LogP contribution is 2.22. The minimum atomic E-state index is -1.55. The van der Waals surface area contributed by atoms with E-state index in [1.165, 1.54) is 6.20 Å². The molecule has 1 heterocycles. The SMILES string of the molecule is CCC(C)Nc1cnnc(Nc2ccc(F)c(F)c2F)n1. The summed E-state index contributed by atoms with van der Waals surface area (Å²) < 4.78 is 39.5. The monoisotopic (exact) mass is 297 g/mol. The predicted molar refractivity (Wildman–Crippen MR) is 72.8 cm³/mol. The maximum Gasteiger partial charge on any atom is 0.249 e. The molecule has 1 atom stereocenters. The number of anilines is 3. The topological polar surface area (TPSA) is 62.7 Å². The van der Waals surface area contributed by atoms with Crippen LogP contribution in [0.5, 0.6) is 0 Å². The average molecular weight is 297 g/mol. The molecule has 0 aliphatic heterocycles. The van der Waals surface area contributed by atoms with Gasteiger partial charge in [0.1, 0.15) is 0 Å². The van der Waals surface area contributed by atoms with Gasteiger partial charge < -0.3 is 10.6 Å². The molecule has 0 amide bonds. The highest BCUT2D eigenvalue weighted by Gasteiger charge is 2.14. The second kappa shape index (κ2) is 6.38. The van der Waals surface area contributed by atoms with Gasteiger partial charge in [-0.2, -0.15) is 10.1 Å². The molecule has 0 radical (unpaired) electrons. The first-order chi connectivity index (χ1) is 10.0. The normalized spacial score (nSPS) is 12.0. The van der Waals surface area contributed by atoms with Crippen molar-refractivity contribution in [2.75, 3.05) is 10.6 Å². The fourth-order valence-electron chi connectivity index (χ4n) is 1.52. The molecule has 5 nitrogen and oxygen atoms in total. The zero-order chi connectivity index (χ0) is 15.4. The summed E-state index contributed by atoms with van der Waals surface area (Å²) in [5.74, 6) is -3.72. The van der Waals surface area contributed by atoms with Gasteiger partial charge in [0.2, 0.25) is 5.95 Å². The molecule has 2 rings (SSSR count). The van der Waals surface area contributed by atoms with E-state index in [0.29, 0.717) is 5.82 Å². The summed E-state index contributed by atoms with van der Waals surface area (Å²) in [4.78, 5) is 4.07. The van der Waals surface area contributed by atoms with Crippen LogP contribution in [-0.4, -0.2) is 21.2 Å². The molecule has 1 aromatic heterocycles. The van der Waals surface area contributed by atoms with E-state index >= 15 is 0 Å². The highest BCUT2D eigenvalue weighted by molar-refractivity contribution is 5.55. The van der Waals surface area contributed by atoms with Gasteiger partial charge in [0.25, 0.3) is 0 Å². The Morgan fingerprint density at radius 1 is 1.19 bits per heavy atom. The zero-order valence-electron chi connectivity index (χ0n) is 11.5. The number of rotatable bonds is 5. The van der Waals surface area contributed by atoms with Gasteiger partial charge in [-0.25, -0.2) is 13.2 Å². The lowest BCUT2D eigenvalue weighted by Gasteiger charge is -2.12.